The molecular formula is C15H18N2O6S. The maximum atomic E-state index is 11.9. The van der Waals surface area contributed by atoms with E-state index in [2.05, 4.69) is 10.6 Å². The molecule has 1 aromatic rings. The second kappa shape index (κ2) is 7.43. The summed E-state index contributed by atoms with van der Waals surface area (Å²) in [6.07, 6.45) is 0.362. The molecule has 1 aliphatic heterocycles. The summed E-state index contributed by atoms with van der Waals surface area (Å²) in [4.78, 5) is 34.6. The van der Waals surface area contributed by atoms with Crippen LogP contribution in [0, 0.1) is 0 Å². The van der Waals surface area contributed by atoms with Gasteiger partial charge in [0.05, 0.1) is 17.1 Å². The Morgan fingerprint density at radius 2 is 2.04 bits per heavy atom. The Morgan fingerprint density at radius 1 is 1.29 bits per heavy atom. The molecule has 1 aromatic carbocycles. The van der Waals surface area contributed by atoms with Crippen LogP contribution in [-0.2, 0) is 24.2 Å². The van der Waals surface area contributed by atoms with Gasteiger partial charge in [0, 0.05) is 18.7 Å². The number of hydrogen-bond acceptors (Lipinski definition) is 6. The second-order valence-corrected chi connectivity index (χ2v) is 7.73. The molecule has 1 fully saturated rings. The molecule has 0 aliphatic carbocycles. The highest BCUT2D eigenvalue weighted by atomic mass is 32.2. The predicted molar refractivity (Wildman–Crippen MR) is 86.2 cm³/mol. The lowest BCUT2D eigenvalue weighted by molar-refractivity contribution is -0.124. The van der Waals surface area contributed by atoms with E-state index in [-0.39, 0.29) is 23.0 Å². The molecule has 2 rings (SSSR count). The predicted octanol–water partition coefficient (Wildman–Crippen LogP) is 0.105. The van der Waals surface area contributed by atoms with E-state index in [4.69, 9.17) is 4.74 Å². The fourth-order valence-electron chi connectivity index (χ4n) is 2.32. The number of benzene rings is 1. The first-order valence-corrected chi connectivity index (χ1v) is 9.12. The van der Waals surface area contributed by atoms with E-state index < -0.39 is 34.4 Å². The summed E-state index contributed by atoms with van der Waals surface area (Å²) in [5.74, 6) is -1.58. The van der Waals surface area contributed by atoms with Crippen LogP contribution in [0.3, 0.4) is 0 Å². The minimum Gasteiger partial charge on any atom is -0.452 e. The van der Waals surface area contributed by atoms with Crippen LogP contribution in [-0.4, -0.2) is 50.4 Å². The molecule has 0 radical (unpaired) electrons. The topological polar surface area (TPSA) is 119 Å². The highest BCUT2D eigenvalue weighted by Gasteiger charge is 2.29. The molecule has 2 amide bonds. The highest BCUT2D eigenvalue weighted by Crippen LogP contribution is 2.12. The lowest BCUT2D eigenvalue weighted by Gasteiger charge is -2.11. The molecule has 1 heterocycles. The van der Waals surface area contributed by atoms with Crippen molar-refractivity contribution in [3.05, 3.63) is 29.8 Å². The van der Waals surface area contributed by atoms with Gasteiger partial charge in [0.2, 0.25) is 5.91 Å². The van der Waals surface area contributed by atoms with E-state index in [9.17, 15) is 22.8 Å². The van der Waals surface area contributed by atoms with Crippen molar-refractivity contribution in [1.82, 2.24) is 5.32 Å². The number of carbonyl (C=O) groups excluding carboxylic acids is 3. The van der Waals surface area contributed by atoms with Crippen LogP contribution in [0.4, 0.5) is 5.69 Å². The van der Waals surface area contributed by atoms with Crippen molar-refractivity contribution in [2.24, 2.45) is 0 Å². The lowest BCUT2D eigenvalue weighted by Crippen LogP contribution is -2.38. The van der Waals surface area contributed by atoms with E-state index in [0.29, 0.717) is 12.1 Å². The van der Waals surface area contributed by atoms with E-state index in [1.165, 1.54) is 19.1 Å². The first-order chi connectivity index (χ1) is 11.2. The summed E-state index contributed by atoms with van der Waals surface area (Å²) < 4.78 is 27.5. The molecule has 1 aliphatic rings. The number of ether oxygens (including phenoxy) is 1. The number of anilines is 1. The Kier molecular flexibility index (Phi) is 5.55. The average molecular weight is 354 g/mol. The molecule has 8 nitrogen and oxygen atoms in total. The molecule has 1 saturated heterocycles. The summed E-state index contributed by atoms with van der Waals surface area (Å²) in [5.41, 5.74) is 0.634. The summed E-state index contributed by atoms with van der Waals surface area (Å²) >= 11 is 0. The monoisotopic (exact) mass is 354 g/mol. The first kappa shape index (κ1) is 17.9. The van der Waals surface area contributed by atoms with Gasteiger partial charge in [0.15, 0.2) is 16.4 Å². The van der Waals surface area contributed by atoms with Crippen molar-refractivity contribution in [2.45, 2.75) is 19.4 Å². The van der Waals surface area contributed by atoms with E-state index in [1.54, 1.807) is 12.1 Å². The molecule has 0 saturated carbocycles. The molecule has 1 atom stereocenters. The van der Waals surface area contributed by atoms with Crippen LogP contribution in [0.25, 0.3) is 0 Å². The Bertz CT molecular complexity index is 759. The summed E-state index contributed by atoms with van der Waals surface area (Å²) in [7, 11) is -3.09. The molecule has 0 aromatic heterocycles. The molecule has 0 unspecified atom stereocenters. The van der Waals surface area contributed by atoms with Crippen molar-refractivity contribution in [3.63, 3.8) is 0 Å². The quantitative estimate of drug-likeness (QED) is 0.724. The number of sulfone groups is 1. The third-order valence-corrected chi connectivity index (χ3v) is 5.12. The van der Waals surface area contributed by atoms with E-state index in [1.807, 2.05) is 0 Å². The van der Waals surface area contributed by atoms with Crippen LogP contribution >= 0.6 is 0 Å². The van der Waals surface area contributed by atoms with Gasteiger partial charge in [-0.2, -0.15) is 0 Å². The van der Waals surface area contributed by atoms with Gasteiger partial charge < -0.3 is 15.4 Å². The van der Waals surface area contributed by atoms with Crippen LogP contribution in [0.1, 0.15) is 23.7 Å². The average Bonchev–Trinajstić information content (AvgIpc) is 2.83. The van der Waals surface area contributed by atoms with Gasteiger partial charge in [-0.05, 0) is 24.6 Å². The Balaban J connectivity index is 1.84. The fraction of sp³-hybridized carbons (Fsp3) is 0.400. The van der Waals surface area contributed by atoms with Gasteiger partial charge in [0.1, 0.15) is 0 Å². The van der Waals surface area contributed by atoms with Gasteiger partial charge >= 0.3 is 5.97 Å². The molecular weight excluding hydrogens is 336 g/mol. The number of nitrogens with one attached hydrogen (secondary N) is 2. The standard InChI is InChI=1S/C15H18N2O6S/c1-10(18)16-12-4-2-3-11(7-12)15(20)23-8-14(19)17-13-5-6-24(21,22)9-13/h2-4,7,13H,5-6,8-9H2,1H3,(H,16,18)(H,17,19)/t13-/m1/s1. The number of rotatable bonds is 5. The van der Waals surface area contributed by atoms with Gasteiger partial charge in [0.25, 0.3) is 5.91 Å². The minimum absolute atomic E-state index is 0.0493. The largest absolute Gasteiger partial charge is 0.452 e. The maximum absolute atomic E-state index is 11.9. The lowest BCUT2D eigenvalue weighted by atomic mass is 10.2. The number of amides is 2. The molecule has 130 valence electrons. The van der Waals surface area contributed by atoms with Crippen molar-refractivity contribution in [3.8, 4) is 0 Å². The fourth-order valence-corrected chi connectivity index (χ4v) is 3.99. The van der Waals surface area contributed by atoms with Crippen LogP contribution in [0.2, 0.25) is 0 Å². The van der Waals surface area contributed by atoms with Crippen LogP contribution in [0.15, 0.2) is 24.3 Å². The number of hydrogen-bond donors (Lipinski definition) is 2. The van der Waals surface area contributed by atoms with Gasteiger partial charge in [-0.15, -0.1) is 0 Å². The van der Waals surface area contributed by atoms with Crippen LogP contribution < -0.4 is 10.6 Å². The molecule has 2 N–H and O–H groups in total. The minimum atomic E-state index is -3.09. The van der Waals surface area contributed by atoms with E-state index >= 15 is 0 Å². The Labute approximate surface area is 139 Å². The number of esters is 1. The zero-order valence-electron chi connectivity index (χ0n) is 13.1. The van der Waals surface area contributed by atoms with Crippen molar-refractivity contribution in [2.75, 3.05) is 23.4 Å². The Morgan fingerprint density at radius 3 is 2.67 bits per heavy atom. The third-order valence-electron chi connectivity index (χ3n) is 3.35. The smallest absolute Gasteiger partial charge is 0.338 e. The molecule has 0 bridgehead atoms. The van der Waals surface area contributed by atoms with Gasteiger partial charge in [-0.1, -0.05) is 6.07 Å². The SMILES string of the molecule is CC(=O)Nc1cccc(C(=O)OCC(=O)N[C@@H]2CCS(=O)(=O)C2)c1. The molecule has 24 heavy (non-hydrogen) atoms. The Hall–Kier alpha value is -2.42. The summed E-state index contributed by atoms with van der Waals surface area (Å²) in [6.45, 7) is 0.846. The van der Waals surface area contributed by atoms with Gasteiger partial charge in [-0.25, -0.2) is 13.2 Å². The van der Waals surface area contributed by atoms with Crippen molar-refractivity contribution >= 4 is 33.3 Å². The normalized spacial score (nSPS) is 18.6. The van der Waals surface area contributed by atoms with Crippen molar-refractivity contribution in [1.29, 1.82) is 0 Å². The van der Waals surface area contributed by atoms with Crippen molar-refractivity contribution < 1.29 is 27.5 Å². The highest BCUT2D eigenvalue weighted by molar-refractivity contribution is 7.91. The first-order valence-electron chi connectivity index (χ1n) is 7.30. The number of carbonyl (C=O) groups is 3. The molecule has 9 heteroatoms. The maximum Gasteiger partial charge on any atom is 0.338 e. The second-order valence-electron chi connectivity index (χ2n) is 5.51. The van der Waals surface area contributed by atoms with Gasteiger partial charge in [-0.3, -0.25) is 9.59 Å². The van der Waals surface area contributed by atoms with E-state index in [0.717, 1.165) is 0 Å². The third kappa shape index (κ3) is 5.34. The molecule has 0 spiro atoms. The zero-order chi connectivity index (χ0) is 17.7. The zero-order valence-corrected chi connectivity index (χ0v) is 13.9. The van der Waals surface area contributed by atoms with Crippen LogP contribution in [0.5, 0.6) is 0 Å². The summed E-state index contributed by atoms with van der Waals surface area (Å²) in [6, 6.07) is 5.68. The summed E-state index contributed by atoms with van der Waals surface area (Å²) in [5, 5.41) is 5.06.